The van der Waals surface area contributed by atoms with Gasteiger partial charge in [0, 0.05) is 19.1 Å². The molecule has 2 N–H and O–H groups in total. The van der Waals surface area contributed by atoms with Crippen molar-refractivity contribution >= 4 is 12.0 Å². The number of carbonyl (C=O) groups excluding carboxylic acids is 2. The van der Waals surface area contributed by atoms with Crippen molar-refractivity contribution in [2.24, 2.45) is 5.41 Å². The summed E-state index contributed by atoms with van der Waals surface area (Å²) in [5.41, 5.74) is 0.435. The van der Waals surface area contributed by atoms with Crippen LogP contribution >= 0.6 is 0 Å². The first-order chi connectivity index (χ1) is 12.3. The number of benzene rings is 1. The molecular weight excluding hydrogens is 334 g/mol. The molecule has 2 bridgehead atoms. The van der Waals surface area contributed by atoms with Crippen LogP contribution in [-0.4, -0.2) is 58.4 Å². The predicted molar refractivity (Wildman–Crippen MR) is 95.4 cm³/mol. The van der Waals surface area contributed by atoms with E-state index in [1.807, 2.05) is 51.1 Å². The summed E-state index contributed by atoms with van der Waals surface area (Å²) in [4.78, 5) is 27.1. The molecule has 2 amide bonds. The molecule has 0 aliphatic carbocycles. The molecule has 0 aromatic heterocycles. The van der Waals surface area contributed by atoms with Gasteiger partial charge >= 0.3 is 6.09 Å². The number of hydrogen-bond acceptors (Lipinski definition) is 5. The normalized spacial score (nSPS) is 23.8. The van der Waals surface area contributed by atoms with Gasteiger partial charge in [0.2, 0.25) is 5.91 Å². The molecule has 2 aliphatic rings. The van der Waals surface area contributed by atoms with Crippen LogP contribution in [0.4, 0.5) is 4.79 Å². The summed E-state index contributed by atoms with van der Waals surface area (Å²) >= 11 is 0. The van der Waals surface area contributed by atoms with Crippen molar-refractivity contribution in [2.75, 3.05) is 13.1 Å². The summed E-state index contributed by atoms with van der Waals surface area (Å²) in [5.74, 6) is -0.116. The fraction of sp³-hybridized carbons (Fsp3) is 0.579. The van der Waals surface area contributed by atoms with E-state index >= 15 is 0 Å². The lowest BCUT2D eigenvalue weighted by Gasteiger charge is -2.37. The number of piperazine rings is 1. The molecule has 1 aromatic carbocycles. The minimum atomic E-state index is -0.683. The number of fused-ring (bicyclic) bond motifs is 2. The summed E-state index contributed by atoms with van der Waals surface area (Å²) in [6.07, 6.45) is 0.174. The summed E-state index contributed by atoms with van der Waals surface area (Å²) in [5, 5.41) is 13.8. The summed E-state index contributed by atoms with van der Waals surface area (Å²) in [6, 6.07) is 8.73. The van der Waals surface area contributed by atoms with E-state index in [0.717, 1.165) is 12.0 Å². The molecule has 0 saturated carbocycles. The average molecular weight is 361 g/mol. The highest BCUT2D eigenvalue weighted by atomic mass is 16.5. The molecule has 0 unspecified atom stereocenters. The van der Waals surface area contributed by atoms with Gasteiger partial charge in [-0.1, -0.05) is 51.1 Å². The molecule has 2 fully saturated rings. The number of carbonyl (C=O) groups is 2. The molecule has 2 aliphatic heterocycles. The van der Waals surface area contributed by atoms with E-state index in [0.29, 0.717) is 13.1 Å². The Balaban J connectivity index is 1.61. The number of hydroxylamine groups is 2. The third-order valence-electron chi connectivity index (χ3n) is 5.08. The summed E-state index contributed by atoms with van der Waals surface area (Å²) in [7, 11) is 0. The standard InChI is InChI=1S/C19H27N3O4/c1-19(2,3)16(17(23)21-10-15-9-14(21)11-22(15)25)20-18(24)26-12-13-7-5-4-6-8-13/h4-8,14-16,25H,9-12H2,1-3H3,(H,20,24)/t14-,15-,16+/m0/s1. The first-order valence-electron chi connectivity index (χ1n) is 8.99. The SMILES string of the molecule is CC(C)(C)[C@H](NC(=O)OCc1ccccc1)C(=O)N1C[C@@H]2C[C@H]1CN2O. The van der Waals surface area contributed by atoms with Gasteiger partial charge in [0.25, 0.3) is 0 Å². The van der Waals surface area contributed by atoms with Crippen LogP contribution in [0.3, 0.4) is 0 Å². The van der Waals surface area contributed by atoms with Gasteiger partial charge < -0.3 is 20.2 Å². The molecule has 1 aromatic rings. The first-order valence-corrected chi connectivity index (χ1v) is 8.99. The number of likely N-dealkylation sites (tertiary alicyclic amines) is 1. The zero-order chi connectivity index (χ0) is 18.9. The van der Waals surface area contributed by atoms with Crippen LogP contribution < -0.4 is 5.32 Å². The Kier molecular flexibility index (Phi) is 5.20. The predicted octanol–water partition coefficient (Wildman–Crippen LogP) is 2.00. The molecule has 7 heteroatoms. The Morgan fingerprint density at radius 2 is 1.92 bits per heavy atom. The summed E-state index contributed by atoms with van der Waals surface area (Å²) in [6.45, 7) is 6.86. The number of alkyl carbamates (subject to hydrolysis) is 1. The van der Waals surface area contributed by atoms with Crippen LogP contribution in [0.1, 0.15) is 32.8 Å². The lowest BCUT2D eigenvalue weighted by atomic mass is 9.85. The fourth-order valence-electron chi connectivity index (χ4n) is 3.61. The van der Waals surface area contributed by atoms with Gasteiger partial charge in [0.1, 0.15) is 12.6 Å². The molecule has 2 heterocycles. The third kappa shape index (κ3) is 3.99. The van der Waals surface area contributed by atoms with Gasteiger partial charge in [-0.15, -0.1) is 0 Å². The molecule has 3 atom stereocenters. The Morgan fingerprint density at radius 1 is 1.23 bits per heavy atom. The van der Waals surface area contributed by atoms with Gasteiger partial charge in [-0.3, -0.25) is 4.79 Å². The maximum Gasteiger partial charge on any atom is 0.408 e. The monoisotopic (exact) mass is 361 g/mol. The fourth-order valence-corrected chi connectivity index (χ4v) is 3.61. The van der Waals surface area contributed by atoms with Gasteiger partial charge in [-0.05, 0) is 17.4 Å². The number of hydrogen-bond donors (Lipinski definition) is 2. The molecule has 142 valence electrons. The van der Waals surface area contributed by atoms with Crippen molar-refractivity contribution in [1.29, 1.82) is 0 Å². The maximum atomic E-state index is 13.1. The van der Waals surface area contributed by atoms with Crippen LogP contribution in [0, 0.1) is 5.41 Å². The van der Waals surface area contributed by atoms with Crippen LogP contribution in [0.5, 0.6) is 0 Å². The average Bonchev–Trinajstić information content (AvgIpc) is 3.16. The highest BCUT2D eigenvalue weighted by molar-refractivity contribution is 5.87. The van der Waals surface area contributed by atoms with Crippen LogP contribution in [-0.2, 0) is 16.1 Å². The zero-order valence-electron chi connectivity index (χ0n) is 15.5. The van der Waals surface area contributed by atoms with Crippen molar-refractivity contribution < 1.29 is 19.5 Å². The Hall–Kier alpha value is -2.12. The van der Waals surface area contributed by atoms with Crippen LogP contribution in [0.25, 0.3) is 0 Å². The van der Waals surface area contributed by atoms with E-state index < -0.39 is 17.6 Å². The van der Waals surface area contributed by atoms with E-state index in [-0.39, 0.29) is 24.6 Å². The number of amides is 2. The number of nitrogens with one attached hydrogen (secondary N) is 1. The van der Waals surface area contributed by atoms with Crippen molar-refractivity contribution in [3.05, 3.63) is 35.9 Å². The lowest BCUT2D eigenvalue weighted by molar-refractivity contribution is -0.151. The second-order valence-electron chi connectivity index (χ2n) is 8.16. The maximum absolute atomic E-state index is 13.1. The van der Waals surface area contributed by atoms with Gasteiger partial charge in [0.15, 0.2) is 0 Å². The number of nitrogens with zero attached hydrogens (tertiary/aromatic N) is 2. The highest BCUT2D eigenvalue weighted by Gasteiger charge is 2.48. The minimum Gasteiger partial charge on any atom is -0.445 e. The topological polar surface area (TPSA) is 82.1 Å². The highest BCUT2D eigenvalue weighted by Crippen LogP contribution is 2.32. The van der Waals surface area contributed by atoms with Crippen molar-refractivity contribution in [3.8, 4) is 0 Å². The molecule has 0 radical (unpaired) electrons. The van der Waals surface area contributed by atoms with Gasteiger partial charge in [0.05, 0.1) is 6.04 Å². The largest absolute Gasteiger partial charge is 0.445 e. The van der Waals surface area contributed by atoms with Crippen molar-refractivity contribution in [2.45, 2.75) is 51.9 Å². The van der Waals surface area contributed by atoms with Crippen molar-refractivity contribution in [1.82, 2.24) is 15.3 Å². The minimum absolute atomic E-state index is 0.00416. The molecule has 7 nitrogen and oxygen atoms in total. The summed E-state index contributed by atoms with van der Waals surface area (Å²) < 4.78 is 5.28. The Morgan fingerprint density at radius 3 is 2.46 bits per heavy atom. The zero-order valence-corrected chi connectivity index (χ0v) is 15.5. The Bertz CT molecular complexity index is 656. The van der Waals surface area contributed by atoms with E-state index in [1.165, 1.54) is 5.06 Å². The molecule has 2 saturated heterocycles. The van der Waals surface area contributed by atoms with Crippen LogP contribution in [0.15, 0.2) is 30.3 Å². The number of ether oxygens (including phenoxy) is 1. The second kappa shape index (κ2) is 7.25. The van der Waals surface area contributed by atoms with Crippen LogP contribution in [0.2, 0.25) is 0 Å². The van der Waals surface area contributed by atoms with E-state index in [9.17, 15) is 14.8 Å². The molecular formula is C19H27N3O4. The smallest absolute Gasteiger partial charge is 0.408 e. The Labute approximate surface area is 153 Å². The van der Waals surface area contributed by atoms with E-state index in [1.54, 1.807) is 4.90 Å². The first kappa shape index (κ1) is 18.7. The number of rotatable bonds is 4. The molecule has 3 rings (SSSR count). The lowest BCUT2D eigenvalue weighted by Crippen LogP contribution is -2.58. The second-order valence-corrected chi connectivity index (χ2v) is 8.16. The van der Waals surface area contributed by atoms with Gasteiger partial charge in [-0.25, -0.2) is 4.79 Å². The quantitative estimate of drug-likeness (QED) is 0.857. The van der Waals surface area contributed by atoms with E-state index in [2.05, 4.69) is 5.32 Å². The van der Waals surface area contributed by atoms with Gasteiger partial charge in [-0.2, -0.15) is 5.06 Å². The van der Waals surface area contributed by atoms with E-state index in [4.69, 9.17) is 4.74 Å². The molecule has 26 heavy (non-hydrogen) atoms. The van der Waals surface area contributed by atoms with Crippen molar-refractivity contribution in [3.63, 3.8) is 0 Å². The third-order valence-corrected chi connectivity index (χ3v) is 5.08. The molecule has 0 spiro atoms.